The maximum absolute atomic E-state index is 13.2. The van der Waals surface area contributed by atoms with E-state index >= 15 is 0 Å². The van der Waals surface area contributed by atoms with Gasteiger partial charge in [-0.1, -0.05) is 32.0 Å². The quantitative estimate of drug-likeness (QED) is 0.203. The zero-order chi connectivity index (χ0) is 26.8. The van der Waals surface area contributed by atoms with Crippen LogP contribution in [0.1, 0.15) is 39.2 Å². The van der Waals surface area contributed by atoms with E-state index < -0.39 is 47.6 Å². The van der Waals surface area contributed by atoms with Gasteiger partial charge in [-0.2, -0.15) is 0 Å². The van der Waals surface area contributed by atoms with Gasteiger partial charge in [0.15, 0.2) is 5.78 Å². The summed E-state index contributed by atoms with van der Waals surface area (Å²) in [6, 6.07) is 4.36. The number of ketones is 1. The Morgan fingerprint density at radius 2 is 1.69 bits per heavy atom. The van der Waals surface area contributed by atoms with Crippen molar-refractivity contribution < 1.29 is 28.7 Å². The van der Waals surface area contributed by atoms with Gasteiger partial charge < -0.3 is 31.1 Å². The summed E-state index contributed by atoms with van der Waals surface area (Å²) < 4.78 is 4.75. The maximum Gasteiger partial charge on any atom is 0.328 e. The van der Waals surface area contributed by atoms with Gasteiger partial charge in [0.1, 0.15) is 18.1 Å². The van der Waals surface area contributed by atoms with E-state index in [2.05, 4.69) is 20.9 Å². The molecule has 0 aliphatic carbocycles. The van der Waals surface area contributed by atoms with Gasteiger partial charge in [-0.15, -0.1) is 0 Å². The van der Waals surface area contributed by atoms with Crippen LogP contribution >= 0.6 is 0 Å². The number of H-pyrrole nitrogens is 1. The minimum Gasteiger partial charge on any atom is -0.467 e. The second kappa shape index (κ2) is 13.2. The minimum absolute atomic E-state index is 0.0996. The van der Waals surface area contributed by atoms with E-state index in [1.54, 1.807) is 20.0 Å². The van der Waals surface area contributed by atoms with Gasteiger partial charge in [0.25, 0.3) is 0 Å². The van der Waals surface area contributed by atoms with Crippen molar-refractivity contribution in [2.24, 2.45) is 5.92 Å². The number of hydrogen-bond acceptors (Lipinski definition) is 7. The molecular formula is C25H33N5O6. The summed E-state index contributed by atoms with van der Waals surface area (Å²) in [6.07, 6.45) is 2.28. The van der Waals surface area contributed by atoms with Crippen molar-refractivity contribution >= 4 is 46.6 Å². The fourth-order valence-corrected chi connectivity index (χ4v) is 3.75. The Bertz CT molecular complexity index is 1130. The van der Waals surface area contributed by atoms with E-state index in [9.17, 15) is 24.0 Å². The van der Waals surface area contributed by atoms with Crippen LogP contribution in [0.3, 0.4) is 0 Å². The zero-order valence-corrected chi connectivity index (χ0v) is 20.8. The monoisotopic (exact) mass is 499 g/mol. The summed E-state index contributed by atoms with van der Waals surface area (Å²) in [5.41, 5.74) is 1.67. The Kier molecular flexibility index (Phi) is 10.3. The van der Waals surface area contributed by atoms with E-state index in [1.807, 2.05) is 24.3 Å². The first-order chi connectivity index (χ1) is 17.1. The molecule has 3 atom stereocenters. The number of esters is 1. The summed E-state index contributed by atoms with van der Waals surface area (Å²) in [7, 11) is 1.20. The van der Waals surface area contributed by atoms with Gasteiger partial charge in [0.05, 0.1) is 13.3 Å². The number of nitrogens with one attached hydrogen (secondary N) is 5. The van der Waals surface area contributed by atoms with Gasteiger partial charge >= 0.3 is 5.97 Å². The van der Waals surface area contributed by atoms with Crippen molar-refractivity contribution in [2.45, 2.75) is 58.2 Å². The number of ether oxygens (including phenoxy) is 1. The number of aromatic nitrogens is 1. The van der Waals surface area contributed by atoms with Gasteiger partial charge in [-0.05, 0) is 24.0 Å². The third-order valence-corrected chi connectivity index (χ3v) is 5.69. The first kappa shape index (κ1) is 28.2. The van der Waals surface area contributed by atoms with Gasteiger partial charge in [-0.3, -0.25) is 19.2 Å². The van der Waals surface area contributed by atoms with E-state index in [1.165, 1.54) is 14.0 Å². The predicted molar refractivity (Wildman–Crippen MR) is 133 cm³/mol. The minimum atomic E-state index is -1.19. The van der Waals surface area contributed by atoms with Crippen LogP contribution in [0.4, 0.5) is 0 Å². The zero-order valence-electron chi connectivity index (χ0n) is 20.8. The molecule has 5 N–H and O–H groups in total. The lowest BCUT2D eigenvalue weighted by atomic mass is 10.0. The molecule has 0 spiro atoms. The normalized spacial score (nSPS) is 13.4. The molecule has 194 valence electrons. The van der Waals surface area contributed by atoms with Crippen molar-refractivity contribution in [3.63, 3.8) is 0 Å². The third kappa shape index (κ3) is 7.76. The fourth-order valence-electron chi connectivity index (χ4n) is 3.75. The van der Waals surface area contributed by atoms with Crippen LogP contribution in [0.25, 0.3) is 10.9 Å². The average molecular weight is 500 g/mol. The van der Waals surface area contributed by atoms with Crippen molar-refractivity contribution in [2.75, 3.05) is 7.11 Å². The fraction of sp³-hybridized carbons (Fsp3) is 0.440. The van der Waals surface area contributed by atoms with Crippen LogP contribution in [0.5, 0.6) is 0 Å². The van der Waals surface area contributed by atoms with E-state index in [0.29, 0.717) is 6.21 Å². The van der Waals surface area contributed by atoms with Crippen LogP contribution in [-0.2, 0) is 35.1 Å². The molecule has 0 bridgehead atoms. The van der Waals surface area contributed by atoms with Crippen LogP contribution in [-0.4, -0.2) is 65.9 Å². The van der Waals surface area contributed by atoms with Crippen molar-refractivity contribution in [3.05, 3.63) is 36.0 Å². The summed E-state index contributed by atoms with van der Waals surface area (Å²) in [5.74, 6) is -3.20. The van der Waals surface area contributed by atoms with Crippen LogP contribution in [0, 0.1) is 11.3 Å². The first-order valence-corrected chi connectivity index (χ1v) is 11.6. The lowest BCUT2D eigenvalue weighted by Crippen LogP contribution is -2.57. The Balaban J connectivity index is 2.26. The predicted octanol–water partition coefficient (Wildman–Crippen LogP) is 1.01. The van der Waals surface area contributed by atoms with E-state index in [-0.39, 0.29) is 25.2 Å². The number of amides is 3. The molecule has 0 saturated heterocycles. The molecule has 2 aromatic rings. The summed E-state index contributed by atoms with van der Waals surface area (Å²) in [6.45, 7) is 4.73. The molecule has 36 heavy (non-hydrogen) atoms. The first-order valence-electron chi connectivity index (χ1n) is 11.6. The Morgan fingerprint density at radius 1 is 1.03 bits per heavy atom. The molecule has 1 aromatic carbocycles. The number of benzene rings is 1. The number of para-hydroxylation sites is 1. The summed E-state index contributed by atoms with van der Waals surface area (Å²) >= 11 is 0. The Morgan fingerprint density at radius 3 is 2.31 bits per heavy atom. The number of fused-ring (bicyclic) bond motifs is 1. The molecular weight excluding hydrogens is 466 g/mol. The number of aromatic amines is 1. The number of carbonyl (C=O) groups excluding carboxylic acids is 5. The lowest BCUT2D eigenvalue weighted by Gasteiger charge is -2.26. The molecule has 0 unspecified atom stereocenters. The molecule has 2 rings (SSSR count). The highest BCUT2D eigenvalue weighted by Crippen LogP contribution is 2.19. The van der Waals surface area contributed by atoms with Crippen molar-refractivity contribution in [1.82, 2.24) is 20.9 Å². The average Bonchev–Trinajstić information content (AvgIpc) is 3.25. The molecule has 1 heterocycles. The molecule has 0 aliphatic rings. The molecule has 3 amide bonds. The SMILES string of the molecule is COC(=O)[C@@H](NC(=O)[C@H](CCC(=O)C=N)NC(=O)[C@H](Cc1c[nH]c2ccccc12)NC(C)=O)C(C)C. The lowest BCUT2D eigenvalue weighted by molar-refractivity contribution is -0.146. The molecule has 0 saturated carbocycles. The summed E-state index contributed by atoms with van der Waals surface area (Å²) in [4.78, 5) is 65.1. The van der Waals surface area contributed by atoms with E-state index in [4.69, 9.17) is 10.1 Å². The van der Waals surface area contributed by atoms with Crippen LogP contribution < -0.4 is 16.0 Å². The Hall–Kier alpha value is -4.02. The topological polar surface area (TPSA) is 170 Å². The molecule has 1 aromatic heterocycles. The van der Waals surface area contributed by atoms with Crippen LogP contribution in [0.15, 0.2) is 30.5 Å². The smallest absolute Gasteiger partial charge is 0.328 e. The Labute approximate surface area is 209 Å². The number of hydrogen-bond donors (Lipinski definition) is 5. The summed E-state index contributed by atoms with van der Waals surface area (Å²) in [5, 5.41) is 15.8. The van der Waals surface area contributed by atoms with Gasteiger partial charge in [-0.25, -0.2) is 4.79 Å². The second-order valence-electron chi connectivity index (χ2n) is 8.78. The second-order valence-corrected chi connectivity index (χ2v) is 8.78. The number of Topliss-reactive ketones (excluding diaryl/α,β-unsaturated/α-hetero) is 1. The largest absolute Gasteiger partial charge is 0.467 e. The number of rotatable bonds is 13. The number of carbonyl (C=O) groups is 5. The maximum atomic E-state index is 13.2. The molecule has 0 radical (unpaired) electrons. The van der Waals surface area contributed by atoms with Gasteiger partial charge in [0.2, 0.25) is 17.7 Å². The standard InChI is InChI=1S/C25H33N5O6/c1-14(2)22(25(35)36-4)30-23(33)20(10-9-17(32)12-26)29-24(34)21(28-15(3)31)11-16-13-27-19-8-6-5-7-18(16)19/h5-8,12-14,20-22,26-27H,9-11H2,1-4H3,(H,28,31)(H,29,34)(H,30,33)/t20-,21-,22-/m0/s1. The van der Waals surface area contributed by atoms with Crippen molar-refractivity contribution in [3.8, 4) is 0 Å². The highest BCUT2D eigenvalue weighted by molar-refractivity contribution is 6.26. The highest BCUT2D eigenvalue weighted by Gasteiger charge is 2.31. The molecule has 11 heteroatoms. The third-order valence-electron chi connectivity index (χ3n) is 5.69. The van der Waals surface area contributed by atoms with Crippen LogP contribution in [0.2, 0.25) is 0 Å². The molecule has 0 aliphatic heterocycles. The van der Waals surface area contributed by atoms with Gasteiger partial charge in [0, 0.05) is 36.9 Å². The molecule has 11 nitrogen and oxygen atoms in total. The molecule has 0 fully saturated rings. The van der Waals surface area contributed by atoms with E-state index in [0.717, 1.165) is 16.5 Å². The van der Waals surface area contributed by atoms with Crippen molar-refractivity contribution in [1.29, 1.82) is 5.41 Å². The highest BCUT2D eigenvalue weighted by atomic mass is 16.5. The number of methoxy groups -OCH3 is 1.